The van der Waals surface area contributed by atoms with E-state index in [1.54, 1.807) is 18.2 Å². The van der Waals surface area contributed by atoms with E-state index in [0.717, 1.165) is 0 Å². The number of halogens is 1. The van der Waals surface area contributed by atoms with Crippen molar-refractivity contribution in [3.63, 3.8) is 0 Å². The second-order valence-corrected chi connectivity index (χ2v) is 2.40. The third-order valence-corrected chi connectivity index (χ3v) is 1.59. The van der Waals surface area contributed by atoms with E-state index in [0.29, 0.717) is 12.1 Å². The van der Waals surface area contributed by atoms with E-state index >= 15 is 0 Å². The van der Waals surface area contributed by atoms with E-state index in [1.807, 2.05) is 6.07 Å². The standard InChI is InChI=1S/C8H12N2O.ClH/c9-5-7(10)6-3-1-2-4-8(6)11;/h1-4,7,11H,5,9-10H2;1H/t7-;/m0./s1. The van der Waals surface area contributed by atoms with Crippen LogP contribution in [0.15, 0.2) is 24.3 Å². The first-order valence-electron chi connectivity index (χ1n) is 3.49. The molecular weight excluding hydrogens is 176 g/mol. The Morgan fingerprint density at radius 3 is 2.42 bits per heavy atom. The molecule has 0 radical (unpaired) electrons. The molecule has 0 heterocycles. The van der Waals surface area contributed by atoms with Gasteiger partial charge in [0.1, 0.15) is 5.75 Å². The van der Waals surface area contributed by atoms with E-state index in [2.05, 4.69) is 0 Å². The first-order chi connectivity index (χ1) is 5.25. The van der Waals surface area contributed by atoms with Crippen LogP contribution in [0.25, 0.3) is 0 Å². The molecule has 0 spiro atoms. The Morgan fingerprint density at radius 2 is 1.92 bits per heavy atom. The molecular formula is C8H13ClN2O. The van der Waals surface area contributed by atoms with Crippen LogP contribution in [-0.4, -0.2) is 11.7 Å². The van der Waals surface area contributed by atoms with Gasteiger partial charge in [-0.05, 0) is 6.07 Å². The number of para-hydroxylation sites is 1. The van der Waals surface area contributed by atoms with Crippen molar-refractivity contribution in [1.82, 2.24) is 0 Å². The van der Waals surface area contributed by atoms with Gasteiger partial charge in [-0.15, -0.1) is 12.4 Å². The largest absolute Gasteiger partial charge is 0.508 e. The maximum atomic E-state index is 9.28. The first-order valence-corrected chi connectivity index (χ1v) is 3.49. The minimum atomic E-state index is -0.267. The summed E-state index contributed by atoms with van der Waals surface area (Å²) in [5, 5.41) is 9.28. The molecule has 0 saturated carbocycles. The van der Waals surface area contributed by atoms with Crippen LogP contribution in [0.5, 0.6) is 5.75 Å². The van der Waals surface area contributed by atoms with E-state index in [9.17, 15) is 5.11 Å². The zero-order valence-corrected chi connectivity index (χ0v) is 7.42. The van der Waals surface area contributed by atoms with Crippen molar-refractivity contribution >= 4 is 12.4 Å². The summed E-state index contributed by atoms with van der Waals surface area (Å²) < 4.78 is 0. The van der Waals surface area contributed by atoms with Gasteiger partial charge in [-0.25, -0.2) is 0 Å². The second-order valence-electron chi connectivity index (χ2n) is 2.40. The smallest absolute Gasteiger partial charge is 0.120 e. The molecule has 0 aromatic heterocycles. The Bertz CT molecular complexity index is 242. The Labute approximate surface area is 77.8 Å². The van der Waals surface area contributed by atoms with Gasteiger partial charge in [0, 0.05) is 18.2 Å². The summed E-state index contributed by atoms with van der Waals surface area (Å²) in [6, 6.07) is 6.68. The van der Waals surface area contributed by atoms with E-state index < -0.39 is 0 Å². The third-order valence-electron chi connectivity index (χ3n) is 1.59. The van der Waals surface area contributed by atoms with Gasteiger partial charge in [-0.1, -0.05) is 18.2 Å². The number of benzene rings is 1. The number of hydrogen-bond acceptors (Lipinski definition) is 3. The summed E-state index contributed by atoms with van der Waals surface area (Å²) in [5.41, 5.74) is 11.7. The van der Waals surface area contributed by atoms with Gasteiger partial charge in [-0.2, -0.15) is 0 Å². The molecule has 68 valence electrons. The lowest BCUT2D eigenvalue weighted by atomic mass is 10.1. The van der Waals surface area contributed by atoms with Gasteiger partial charge in [0.05, 0.1) is 0 Å². The lowest BCUT2D eigenvalue weighted by molar-refractivity contribution is 0.462. The molecule has 1 atom stereocenters. The molecule has 0 aliphatic carbocycles. The number of nitrogens with two attached hydrogens (primary N) is 2. The molecule has 1 aromatic rings. The zero-order chi connectivity index (χ0) is 8.27. The molecule has 0 fully saturated rings. The maximum absolute atomic E-state index is 9.28. The van der Waals surface area contributed by atoms with Crippen LogP contribution in [0, 0.1) is 0 Å². The molecule has 1 rings (SSSR count). The summed E-state index contributed by atoms with van der Waals surface area (Å²) in [7, 11) is 0. The van der Waals surface area contributed by atoms with Crippen molar-refractivity contribution in [1.29, 1.82) is 0 Å². The monoisotopic (exact) mass is 188 g/mol. The van der Waals surface area contributed by atoms with Crippen LogP contribution in [0.4, 0.5) is 0 Å². The lowest BCUT2D eigenvalue weighted by Crippen LogP contribution is -2.20. The second kappa shape index (κ2) is 4.98. The molecule has 1 aromatic carbocycles. The number of phenolic OH excluding ortho intramolecular Hbond substituents is 1. The Balaban J connectivity index is 0.00000121. The van der Waals surface area contributed by atoms with Crippen LogP contribution in [-0.2, 0) is 0 Å². The fourth-order valence-electron chi connectivity index (χ4n) is 0.928. The minimum Gasteiger partial charge on any atom is -0.508 e. The van der Waals surface area contributed by atoms with Gasteiger partial charge in [0.25, 0.3) is 0 Å². The van der Waals surface area contributed by atoms with Gasteiger partial charge in [-0.3, -0.25) is 0 Å². The summed E-state index contributed by atoms with van der Waals surface area (Å²) in [4.78, 5) is 0. The van der Waals surface area contributed by atoms with Crippen molar-refractivity contribution in [3.05, 3.63) is 29.8 Å². The number of aromatic hydroxyl groups is 1. The summed E-state index contributed by atoms with van der Waals surface area (Å²) in [6.45, 7) is 0.345. The topological polar surface area (TPSA) is 72.3 Å². The number of hydrogen-bond donors (Lipinski definition) is 3. The lowest BCUT2D eigenvalue weighted by Gasteiger charge is -2.09. The number of rotatable bonds is 2. The fourth-order valence-corrected chi connectivity index (χ4v) is 0.928. The average molecular weight is 189 g/mol. The first kappa shape index (κ1) is 11.2. The van der Waals surface area contributed by atoms with Gasteiger partial charge in [0.2, 0.25) is 0 Å². The molecule has 0 aliphatic heterocycles. The summed E-state index contributed by atoms with van der Waals surface area (Å²) in [5.74, 6) is 0.213. The van der Waals surface area contributed by atoms with Crippen LogP contribution < -0.4 is 11.5 Å². The fraction of sp³-hybridized carbons (Fsp3) is 0.250. The maximum Gasteiger partial charge on any atom is 0.120 e. The van der Waals surface area contributed by atoms with E-state index in [4.69, 9.17) is 11.5 Å². The molecule has 0 aliphatic rings. The third kappa shape index (κ3) is 2.37. The van der Waals surface area contributed by atoms with Gasteiger partial charge in [0.15, 0.2) is 0 Å². The van der Waals surface area contributed by atoms with E-state index in [-0.39, 0.29) is 24.2 Å². The highest BCUT2D eigenvalue weighted by atomic mass is 35.5. The SMILES string of the molecule is Cl.NC[C@H](N)c1ccccc1O. The van der Waals surface area contributed by atoms with Crippen LogP contribution in [0.2, 0.25) is 0 Å². The molecule has 0 bridgehead atoms. The zero-order valence-electron chi connectivity index (χ0n) is 6.60. The normalized spacial score (nSPS) is 11.8. The quantitative estimate of drug-likeness (QED) is 0.642. The van der Waals surface area contributed by atoms with Crippen molar-refractivity contribution in [2.45, 2.75) is 6.04 Å². The molecule has 0 saturated heterocycles. The molecule has 0 unspecified atom stereocenters. The summed E-state index contributed by atoms with van der Waals surface area (Å²) in [6.07, 6.45) is 0. The molecule has 3 nitrogen and oxygen atoms in total. The highest BCUT2D eigenvalue weighted by Gasteiger charge is 2.06. The Kier molecular flexibility index (Phi) is 4.66. The van der Waals surface area contributed by atoms with E-state index in [1.165, 1.54) is 0 Å². The van der Waals surface area contributed by atoms with Gasteiger partial charge >= 0.3 is 0 Å². The van der Waals surface area contributed by atoms with Crippen molar-refractivity contribution in [2.75, 3.05) is 6.54 Å². The predicted octanol–water partition coefficient (Wildman–Crippen LogP) is 0.772. The minimum absolute atomic E-state index is 0. The highest BCUT2D eigenvalue weighted by molar-refractivity contribution is 5.85. The molecule has 5 N–H and O–H groups in total. The van der Waals surface area contributed by atoms with Crippen LogP contribution >= 0.6 is 12.4 Å². The molecule has 4 heteroatoms. The average Bonchev–Trinajstić information content (AvgIpc) is 2.04. The van der Waals surface area contributed by atoms with Gasteiger partial charge < -0.3 is 16.6 Å². The predicted molar refractivity (Wildman–Crippen MR) is 51.3 cm³/mol. The van der Waals surface area contributed by atoms with Crippen LogP contribution in [0.3, 0.4) is 0 Å². The molecule has 0 amide bonds. The molecule has 12 heavy (non-hydrogen) atoms. The van der Waals surface area contributed by atoms with Crippen LogP contribution in [0.1, 0.15) is 11.6 Å². The summed E-state index contributed by atoms with van der Waals surface area (Å²) >= 11 is 0. The Morgan fingerprint density at radius 1 is 1.33 bits per heavy atom. The highest BCUT2D eigenvalue weighted by Crippen LogP contribution is 2.20. The number of phenols is 1. The van der Waals surface area contributed by atoms with Crippen molar-refractivity contribution in [2.24, 2.45) is 11.5 Å². The Hall–Kier alpha value is -0.770. The van der Waals surface area contributed by atoms with Crippen molar-refractivity contribution in [3.8, 4) is 5.75 Å². The van der Waals surface area contributed by atoms with Crippen molar-refractivity contribution < 1.29 is 5.11 Å².